The molecular formula is C9H9BClNO2. The van der Waals surface area contributed by atoms with Crippen LogP contribution in [-0.2, 0) is 0 Å². The van der Waals surface area contributed by atoms with Crippen LogP contribution >= 0.6 is 12.4 Å². The molecule has 0 aliphatic heterocycles. The van der Waals surface area contributed by atoms with E-state index < -0.39 is 7.12 Å². The number of rotatable bonds is 1. The molecule has 0 aliphatic carbocycles. The van der Waals surface area contributed by atoms with Crippen molar-refractivity contribution in [3.63, 3.8) is 0 Å². The van der Waals surface area contributed by atoms with Crippen LogP contribution in [0.15, 0.2) is 36.7 Å². The SMILES string of the molecule is Cl.OB(O)c1cccc2cnccc12. The van der Waals surface area contributed by atoms with Gasteiger partial charge < -0.3 is 10.0 Å². The topological polar surface area (TPSA) is 53.4 Å². The lowest BCUT2D eigenvalue weighted by atomic mass is 9.77. The largest absolute Gasteiger partial charge is 0.489 e. The highest BCUT2D eigenvalue weighted by atomic mass is 35.5. The average Bonchev–Trinajstić information content (AvgIpc) is 2.17. The van der Waals surface area contributed by atoms with Crippen molar-refractivity contribution in [1.82, 2.24) is 4.98 Å². The molecular weight excluding hydrogens is 200 g/mol. The number of fused-ring (bicyclic) bond motifs is 1. The Hall–Kier alpha value is -1.10. The molecule has 72 valence electrons. The maximum Gasteiger partial charge on any atom is 0.489 e. The van der Waals surface area contributed by atoms with Gasteiger partial charge in [-0.25, -0.2) is 0 Å². The first kappa shape index (κ1) is 11.0. The van der Waals surface area contributed by atoms with E-state index in [9.17, 15) is 0 Å². The molecule has 0 saturated carbocycles. The van der Waals surface area contributed by atoms with Gasteiger partial charge in [0.2, 0.25) is 0 Å². The summed E-state index contributed by atoms with van der Waals surface area (Å²) in [4.78, 5) is 3.95. The molecule has 2 rings (SSSR count). The Morgan fingerprint density at radius 2 is 1.93 bits per heavy atom. The molecule has 3 nitrogen and oxygen atoms in total. The molecule has 0 bridgehead atoms. The predicted octanol–water partition coefficient (Wildman–Crippen LogP) is 0.336. The smallest absolute Gasteiger partial charge is 0.423 e. The van der Waals surface area contributed by atoms with Gasteiger partial charge in [-0.1, -0.05) is 18.2 Å². The molecule has 0 saturated heterocycles. The van der Waals surface area contributed by atoms with Crippen molar-refractivity contribution in [2.45, 2.75) is 0 Å². The van der Waals surface area contributed by atoms with Crippen LogP contribution in [0.1, 0.15) is 0 Å². The number of hydrogen-bond acceptors (Lipinski definition) is 3. The summed E-state index contributed by atoms with van der Waals surface area (Å²) in [6, 6.07) is 7.12. The number of halogens is 1. The highest BCUT2D eigenvalue weighted by Gasteiger charge is 2.13. The second-order valence-corrected chi connectivity index (χ2v) is 2.82. The van der Waals surface area contributed by atoms with Crippen molar-refractivity contribution in [2.24, 2.45) is 0 Å². The van der Waals surface area contributed by atoms with Crippen LogP contribution in [0.2, 0.25) is 0 Å². The Morgan fingerprint density at radius 3 is 2.64 bits per heavy atom. The van der Waals surface area contributed by atoms with Crippen molar-refractivity contribution < 1.29 is 10.0 Å². The van der Waals surface area contributed by atoms with Gasteiger partial charge >= 0.3 is 7.12 Å². The lowest BCUT2D eigenvalue weighted by molar-refractivity contribution is 0.426. The third-order valence-electron chi connectivity index (χ3n) is 1.99. The summed E-state index contributed by atoms with van der Waals surface area (Å²) in [6.07, 6.45) is 3.33. The van der Waals surface area contributed by atoms with Gasteiger partial charge in [0.05, 0.1) is 0 Å². The third kappa shape index (κ3) is 1.87. The maximum absolute atomic E-state index is 9.06. The molecule has 0 atom stereocenters. The highest BCUT2D eigenvalue weighted by Crippen LogP contribution is 2.08. The summed E-state index contributed by atoms with van der Waals surface area (Å²) in [5.41, 5.74) is 0.514. The molecule has 5 heteroatoms. The molecule has 1 heterocycles. The van der Waals surface area contributed by atoms with Crippen LogP contribution in [0.5, 0.6) is 0 Å². The van der Waals surface area contributed by atoms with E-state index in [-0.39, 0.29) is 12.4 Å². The van der Waals surface area contributed by atoms with Crippen molar-refractivity contribution in [3.8, 4) is 0 Å². The van der Waals surface area contributed by atoms with Crippen molar-refractivity contribution in [3.05, 3.63) is 36.7 Å². The van der Waals surface area contributed by atoms with Gasteiger partial charge in [0.1, 0.15) is 0 Å². The predicted molar refractivity (Wildman–Crippen MR) is 58.8 cm³/mol. The van der Waals surface area contributed by atoms with E-state index in [2.05, 4.69) is 4.98 Å². The highest BCUT2D eigenvalue weighted by molar-refractivity contribution is 6.61. The quantitative estimate of drug-likeness (QED) is 0.666. The van der Waals surface area contributed by atoms with E-state index in [1.54, 1.807) is 30.6 Å². The third-order valence-corrected chi connectivity index (χ3v) is 1.99. The lowest BCUT2D eigenvalue weighted by Gasteiger charge is -2.03. The normalized spacial score (nSPS) is 9.57. The molecule has 0 radical (unpaired) electrons. The second-order valence-electron chi connectivity index (χ2n) is 2.82. The van der Waals surface area contributed by atoms with Crippen molar-refractivity contribution >= 4 is 35.8 Å². The molecule has 0 unspecified atom stereocenters. The van der Waals surface area contributed by atoms with Crippen molar-refractivity contribution in [2.75, 3.05) is 0 Å². The zero-order valence-electron chi connectivity index (χ0n) is 7.29. The van der Waals surface area contributed by atoms with E-state index in [4.69, 9.17) is 10.0 Å². The summed E-state index contributed by atoms with van der Waals surface area (Å²) < 4.78 is 0. The van der Waals surface area contributed by atoms with Crippen LogP contribution in [-0.4, -0.2) is 22.2 Å². The van der Waals surface area contributed by atoms with Gasteiger partial charge in [0, 0.05) is 12.4 Å². The minimum Gasteiger partial charge on any atom is -0.423 e. The van der Waals surface area contributed by atoms with E-state index in [0.29, 0.717) is 5.46 Å². The molecule has 14 heavy (non-hydrogen) atoms. The number of pyridine rings is 1. The number of benzene rings is 1. The average molecular weight is 209 g/mol. The zero-order chi connectivity index (χ0) is 9.26. The molecule has 0 spiro atoms. The minimum atomic E-state index is -1.42. The molecule has 1 aromatic carbocycles. The molecule has 2 aromatic rings. The molecule has 0 aliphatic rings. The Balaban J connectivity index is 0.000000980. The second kappa shape index (κ2) is 4.42. The van der Waals surface area contributed by atoms with E-state index in [1.807, 2.05) is 6.07 Å². The maximum atomic E-state index is 9.06. The zero-order valence-corrected chi connectivity index (χ0v) is 8.11. The van der Waals surface area contributed by atoms with Gasteiger partial charge in [0.25, 0.3) is 0 Å². The minimum absolute atomic E-state index is 0. The van der Waals surface area contributed by atoms with E-state index in [1.165, 1.54) is 0 Å². The van der Waals surface area contributed by atoms with Gasteiger partial charge in [-0.3, -0.25) is 4.98 Å². The first-order valence-electron chi connectivity index (χ1n) is 3.98. The number of nitrogens with zero attached hydrogens (tertiary/aromatic N) is 1. The number of aromatic nitrogens is 1. The van der Waals surface area contributed by atoms with Crippen LogP contribution < -0.4 is 5.46 Å². The Labute approximate surface area is 88.0 Å². The molecule has 0 fully saturated rings. The summed E-state index contributed by atoms with van der Waals surface area (Å²) in [6.45, 7) is 0. The molecule has 0 amide bonds. The fourth-order valence-corrected chi connectivity index (χ4v) is 1.37. The number of hydrogen-bond donors (Lipinski definition) is 2. The summed E-state index contributed by atoms with van der Waals surface area (Å²) in [7, 11) is -1.42. The Kier molecular flexibility index (Phi) is 3.46. The Morgan fingerprint density at radius 1 is 1.14 bits per heavy atom. The van der Waals surface area contributed by atoms with Crippen LogP contribution in [0.4, 0.5) is 0 Å². The van der Waals surface area contributed by atoms with Gasteiger partial charge in [-0.05, 0) is 22.3 Å². The molecule has 1 aromatic heterocycles. The standard InChI is InChI=1S/C9H8BNO2.ClH/c12-10(13)9-3-1-2-7-6-11-5-4-8(7)9;/h1-6,12-13H;1H. The van der Waals surface area contributed by atoms with Crippen LogP contribution in [0.25, 0.3) is 10.8 Å². The fourth-order valence-electron chi connectivity index (χ4n) is 1.37. The van der Waals surface area contributed by atoms with Crippen molar-refractivity contribution in [1.29, 1.82) is 0 Å². The first-order chi connectivity index (χ1) is 6.29. The lowest BCUT2D eigenvalue weighted by Crippen LogP contribution is -2.30. The summed E-state index contributed by atoms with van der Waals surface area (Å²) >= 11 is 0. The summed E-state index contributed by atoms with van der Waals surface area (Å²) in [5.74, 6) is 0. The van der Waals surface area contributed by atoms with Gasteiger partial charge in [0.15, 0.2) is 0 Å². The van der Waals surface area contributed by atoms with Gasteiger partial charge in [-0.15, -0.1) is 12.4 Å². The monoisotopic (exact) mass is 209 g/mol. The van der Waals surface area contributed by atoms with Crippen LogP contribution in [0.3, 0.4) is 0 Å². The Bertz CT molecular complexity index is 431. The summed E-state index contributed by atoms with van der Waals surface area (Å²) in [5, 5.41) is 19.9. The van der Waals surface area contributed by atoms with E-state index in [0.717, 1.165) is 10.8 Å². The first-order valence-corrected chi connectivity index (χ1v) is 3.98. The van der Waals surface area contributed by atoms with Crippen LogP contribution in [0, 0.1) is 0 Å². The molecule has 2 N–H and O–H groups in total. The van der Waals surface area contributed by atoms with E-state index >= 15 is 0 Å². The van der Waals surface area contributed by atoms with Gasteiger partial charge in [-0.2, -0.15) is 0 Å². The fraction of sp³-hybridized carbons (Fsp3) is 0.